The Morgan fingerprint density at radius 1 is 1.35 bits per heavy atom. The van der Waals surface area contributed by atoms with Gasteiger partial charge in [0.05, 0.1) is 5.69 Å². The molecule has 0 saturated carbocycles. The van der Waals surface area contributed by atoms with Gasteiger partial charge in [0.15, 0.2) is 0 Å². The van der Waals surface area contributed by atoms with Gasteiger partial charge in [-0.15, -0.1) is 0 Å². The minimum absolute atomic E-state index is 0.136. The molecule has 5 heteroatoms. The summed E-state index contributed by atoms with van der Waals surface area (Å²) in [4.78, 5) is 15.6. The summed E-state index contributed by atoms with van der Waals surface area (Å²) in [6, 6.07) is 5.78. The summed E-state index contributed by atoms with van der Waals surface area (Å²) in [5, 5.41) is 9.43. The molecular weight excluding hydrogens is 254 g/mol. The molecule has 1 atom stereocenters. The van der Waals surface area contributed by atoms with Crippen molar-refractivity contribution in [1.29, 1.82) is 0 Å². The van der Waals surface area contributed by atoms with E-state index in [-0.39, 0.29) is 11.7 Å². The Kier molecular flexibility index (Phi) is 4.49. The van der Waals surface area contributed by atoms with Crippen molar-refractivity contribution in [1.82, 2.24) is 9.80 Å². The highest BCUT2D eigenvalue weighted by atomic mass is 16.3. The summed E-state index contributed by atoms with van der Waals surface area (Å²) in [5.41, 5.74) is 7.27. The second-order valence-corrected chi connectivity index (χ2v) is 5.49. The SMILES string of the molecule is CC(=O)N1CCN(C(C)Cc2ccc(O)c(N)c2)CC1. The maximum Gasteiger partial charge on any atom is 0.219 e. The van der Waals surface area contributed by atoms with Crippen molar-refractivity contribution >= 4 is 11.6 Å². The number of amides is 1. The summed E-state index contributed by atoms with van der Waals surface area (Å²) in [5.74, 6) is 0.292. The molecule has 1 aromatic rings. The average Bonchev–Trinajstić information content (AvgIpc) is 2.43. The summed E-state index contributed by atoms with van der Waals surface area (Å²) in [7, 11) is 0. The minimum Gasteiger partial charge on any atom is -0.506 e. The number of anilines is 1. The van der Waals surface area contributed by atoms with Gasteiger partial charge < -0.3 is 15.7 Å². The number of hydrogen-bond acceptors (Lipinski definition) is 4. The molecule has 110 valence electrons. The van der Waals surface area contributed by atoms with Crippen LogP contribution in [-0.2, 0) is 11.2 Å². The third-order valence-corrected chi connectivity index (χ3v) is 4.01. The fourth-order valence-electron chi connectivity index (χ4n) is 2.68. The highest BCUT2D eigenvalue weighted by Gasteiger charge is 2.22. The molecule has 1 heterocycles. The van der Waals surface area contributed by atoms with Crippen molar-refractivity contribution in [2.24, 2.45) is 0 Å². The van der Waals surface area contributed by atoms with Gasteiger partial charge in [-0.3, -0.25) is 9.69 Å². The van der Waals surface area contributed by atoms with Crippen LogP contribution in [0.1, 0.15) is 19.4 Å². The Morgan fingerprint density at radius 3 is 2.55 bits per heavy atom. The number of nitrogens with zero attached hydrogens (tertiary/aromatic N) is 2. The van der Waals surface area contributed by atoms with Crippen molar-refractivity contribution in [3.05, 3.63) is 23.8 Å². The zero-order chi connectivity index (χ0) is 14.7. The highest BCUT2D eigenvalue weighted by Crippen LogP contribution is 2.22. The maximum absolute atomic E-state index is 11.3. The van der Waals surface area contributed by atoms with E-state index in [1.54, 1.807) is 13.0 Å². The van der Waals surface area contributed by atoms with Gasteiger partial charge in [0.2, 0.25) is 5.91 Å². The van der Waals surface area contributed by atoms with E-state index in [2.05, 4.69) is 11.8 Å². The summed E-state index contributed by atoms with van der Waals surface area (Å²) >= 11 is 0. The third-order valence-electron chi connectivity index (χ3n) is 4.01. The van der Waals surface area contributed by atoms with Crippen LogP contribution in [0, 0.1) is 0 Å². The van der Waals surface area contributed by atoms with E-state index in [9.17, 15) is 9.90 Å². The van der Waals surface area contributed by atoms with E-state index in [4.69, 9.17) is 5.73 Å². The van der Waals surface area contributed by atoms with E-state index in [1.807, 2.05) is 17.0 Å². The standard InChI is InChI=1S/C15H23N3O2/c1-11(9-13-3-4-15(20)14(16)10-13)17-5-7-18(8-6-17)12(2)19/h3-4,10-11,20H,5-9,16H2,1-2H3. The van der Waals surface area contributed by atoms with Crippen LogP contribution in [0.25, 0.3) is 0 Å². The number of carbonyl (C=O) groups is 1. The molecule has 1 aliphatic rings. The first-order valence-corrected chi connectivity index (χ1v) is 7.04. The van der Waals surface area contributed by atoms with Gasteiger partial charge in [-0.2, -0.15) is 0 Å². The largest absolute Gasteiger partial charge is 0.506 e. The van der Waals surface area contributed by atoms with Crippen LogP contribution in [0.4, 0.5) is 5.69 Å². The molecule has 0 spiro atoms. The zero-order valence-electron chi connectivity index (χ0n) is 12.2. The molecule has 1 amide bonds. The number of phenolic OH excluding ortho intramolecular Hbond substituents is 1. The molecule has 0 radical (unpaired) electrons. The number of carbonyl (C=O) groups excluding carboxylic acids is 1. The Morgan fingerprint density at radius 2 is 2.00 bits per heavy atom. The Bertz CT molecular complexity index is 482. The molecule has 5 nitrogen and oxygen atoms in total. The van der Waals surface area contributed by atoms with Crippen LogP contribution in [0.15, 0.2) is 18.2 Å². The lowest BCUT2D eigenvalue weighted by molar-refractivity contribution is -0.130. The smallest absolute Gasteiger partial charge is 0.219 e. The van der Waals surface area contributed by atoms with E-state index in [0.717, 1.165) is 38.2 Å². The fourth-order valence-corrected chi connectivity index (χ4v) is 2.68. The van der Waals surface area contributed by atoms with Gasteiger partial charge in [-0.25, -0.2) is 0 Å². The number of phenols is 1. The molecule has 3 N–H and O–H groups in total. The highest BCUT2D eigenvalue weighted by molar-refractivity contribution is 5.73. The van der Waals surface area contributed by atoms with Crippen LogP contribution in [0.5, 0.6) is 5.75 Å². The molecule has 1 aromatic carbocycles. The van der Waals surface area contributed by atoms with Crippen molar-refractivity contribution in [3.63, 3.8) is 0 Å². The number of piperazine rings is 1. The molecular formula is C15H23N3O2. The number of hydrogen-bond donors (Lipinski definition) is 2. The van der Waals surface area contributed by atoms with Crippen LogP contribution in [0.2, 0.25) is 0 Å². The summed E-state index contributed by atoms with van der Waals surface area (Å²) < 4.78 is 0. The molecule has 1 unspecified atom stereocenters. The van der Waals surface area contributed by atoms with Crippen LogP contribution < -0.4 is 5.73 Å². The van der Waals surface area contributed by atoms with Crippen molar-refractivity contribution < 1.29 is 9.90 Å². The molecule has 1 saturated heterocycles. The number of benzene rings is 1. The molecule has 1 fully saturated rings. The zero-order valence-corrected chi connectivity index (χ0v) is 12.2. The van der Waals surface area contributed by atoms with E-state index in [0.29, 0.717) is 11.7 Å². The number of aromatic hydroxyl groups is 1. The predicted octanol–water partition coefficient (Wildman–Crippen LogP) is 1.07. The first kappa shape index (κ1) is 14.7. The normalized spacial score (nSPS) is 18.0. The Balaban J connectivity index is 1.90. The lowest BCUT2D eigenvalue weighted by atomic mass is 10.0. The topological polar surface area (TPSA) is 69.8 Å². The average molecular weight is 277 g/mol. The first-order valence-electron chi connectivity index (χ1n) is 7.04. The lowest BCUT2D eigenvalue weighted by Crippen LogP contribution is -2.51. The minimum atomic E-state index is 0.136. The molecule has 1 aliphatic heterocycles. The number of nitrogen functional groups attached to an aromatic ring is 1. The van der Waals surface area contributed by atoms with Crippen molar-refractivity contribution in [2.75, 3.05) is 31.9 Å². The van der Waals surface area contributed by atoms with Gasteiger partial charge in [0.1, 0.15) is 5.75 Å². The van der Waals surface area contributed by atoms with Gasteiger partial charge >= 0.3 is 0 Å². The van der Waals surface area contributed by atoms with Crippen LogP contribution >= 0.6 is 0 Å². The molecule has 0 aromatic heterocycles. The van der Waals surface area contributed by atoms with Gasteiger partial charge in [0.25, 0.3) is 0 Å². The van der Waals surface area contributed by atoms with Gasteiger partial charge in [-0.1, -0.05) is 6.07 Å². The van der Waals surface area contributed by atoms with Crippen LogP contribution in [-0.4, -0.2) is 53.0 Å². The molecule has 20 heavy (non-hydrogen) atoms. The maximum atomic E-state index is 11.3. The van der Waals surface area contributed by atoms with Crippen molar-refractivity contribution in [2.45, 2.75) is 26.3 Å². The van der Waals surface area contributed by atoms with Crippen LogP contribution in [0.3, 0.4) is 0 Å². The molecule has 2 rings (SSSR count). The number of nitrogens with two attached hydrogens (primary N) is 1. The predicted molar refractivity (Wildman–Crippen MR) is 79.5 cm³/mol. The van der Waals surface area contributed by atoms with E-state index < -0.39 is 0 Å². The Labute approximate surface area is 120 Å². The second kappa shape index (κ2) is 6.13. The van der Waals surface area contributed by atoms with Crippen molar-refractivity contribution in [3.8, 4) is 5.75 Å². The summed E-state index contributed by atoms with van der Waals surface area (Å²) in [6.45, 7) is 7.24. The third kappa shape index (κ3) is 3.42. The Hall–Kier alpha value is -1.75. The molecule has 0 bridgehead atoms. The first-order chi connectivity index (χ1) is 9.47. The van der Waals surface area contributed by atoms with Gasteiger partial charge in [0, 0.05) is 39.1 Å². The van der Waals surface area contributed by atoms with E-state index in [1.165, 1.54) is 0 Å². The number of rotatable bonds is 3. The monoisotopic (exact) mass is 277 g/mol. The van der Waals surface area contributed by atoms with Gasteiger partial charge in [-0.05, 0) is 31.0 Å². The quantitative estimate of drug-likeness (QED) is 0.640. The van der Waals surface area contributed by atoms with E-state index >= 15 is 0 Å². The lowest BCUT2D eigenvalue weighted by Gasteiger charge is -2.37. The molecule has 0 aliphatic carbocycles. The second-order valence-electron chi connectivity index (χ2n) is 5.49. The fraction of sp³-hybridized carbons (Fsp3) is 0.533. The summed E-state index contributed by atoms with van der Waals surface area (Å²) in [6.07, 6.45) is 0.893.